The number of sulfonamides is 1. The van der Waals surface area contributed by atoms with Gasteiger partial charge in [-0.05, 0) is 56.7 Å². The van der Waals surface area contributed by atoms with Gasteiger partial charge >= 0.3 is 0 Å². The molecule has 2 aromatic heterocycles. The summed E-state index contributed by atoms with van der Waals surface area (Å²) >= 11 is 1.55. The minimum Gasteiger partial charge on any atom is -0.287 e. The summed E-state index contributed by atoms with van der Waals surface area (Å²) in [5.41, 5.74) is 1.66. The molecule has 0 fully saturated rings. The van der Waals surface area contributed by atoms with Crippen molar-refractivity contribution >= 4 is 37.5 Å². The zero-order valence-corrected chi connectivity index (χ0v) is 18.7. The van der Waals surface area contributed by atoms with Crippen LogP contribution in [0, 0.1) is 19.8 Å². The first-order valence-electron chi connectivity index (χ1n) is 9.79. The predicted octanol–water partition coefficient (Wildman–Crippen LogP) is 2.70. The van der Waals surface area contributed by atoms with Crippen molar-refractivity contribution in [3.63, 3.8) is 0 Å². The van der Waals surface area contributed by atoms with Crippen LogP contribution < -0.4 is 10.3 Å². The minimum atomic E-state index is -4.01. The molecule has 1 amide bonds. The number of hydrogen-bond acceptors (Lipinski definition) is 6. The van der Waals surface area contributed by atoms with Gasteiger partial charge in [0.05, 0.1) is 10.3 Å². The molecule has 0 bridgehead atoms. The summed E-state index contributed by atoms with van der Waals surface area (Å²) in [5, 5.41) is 0.571. The molecule has 0 aliphatic heterocycles. The Kier molecular flexibility index (Phi) is 5.27. The fourth-order valence-corrected chi connectivity index (χ4v) is 6.21. The summed E-state index contributed by atoms with van der Waals surface area (Å²) in [5.74, 6) is 0.188. The van der Waals surface area contributed by atoms with Crippen molar-refractivity contribution in [1.82, 2.24) is 14.3 Å². The lowest BCUT2D eigenvalue weighted by Gasteiger charge is -2.17. The topological polar surface area (TPSA) is 98.1 Å². The van der Waals surface area contributed by atoms with Crippen molar-refractivity contribution in [2.45, 2.75) is 51.5 Å². The van der Waals surface area contributed by atoms with Crippen molar-refractivity contribution < 1.29 is 13.2 Å². The Labute approximate surface area is 178 Å². The molecule has 0 radical (unpaired) electrons. The van der Waals surface area contributed by atoms with E-state index in [2.05, 4.69) is 16.6 Å². The fourth-order valence-electron chi connectivity index (χ4n) is 3.81. The number of amides is 1. The number of thiophene rings is 1. The van der Waals surface area contributed by atoms with Crippen molar-refractivity contribution in [2.24, 2.45) is 5.92 Å². The quantitative estimate of drug-likeness (QED) is 0.666. The van der Waals surface area contributed by atoms with Crippen LogP contribution in [0.3, 0.4) is 0 Å². The molecule has 30 heavy (non-hydrogen) atoms. The Balaban J connectivity index is 1.64. The highest BCUT2D eigenvalue weighted by atomic mass is 32.2. The molecule has 1 aliphatic carbocycles. The summed E-state index contributed by atoms with van der Waals surface area (Å²) < 4.78 is 28.3. The van der Waals surface area contributed by atoms with Gasteiger partial charge in [-0.25, -0.2) is 18.1 Å². The molecule has 1 atom stereocenters. The standard InChI is InChI=1S/C21H23N3O4S2/c1-12-4-7-15(8-5-12)30(27,28)23-18(25)11-24-14(3)22-20-19(21(24)26)16-9-6-13(2)10-17(16)29-20/h4-5,7-8,13H,6,9-11H2,1-3H3,(H,23,25). The number of nitrogens with zero attached hydrogens (tertiary/aromatic N) is 2. The maximum Gasteiger partial charge on any atom is 0.264 e. The summed E-state index contributed by atoms with van der Waals surface area (Å²) in [6.45, 7) is 5.30. The molecule has 1 aromatic carbocycles. The zero-order valence-electron chi connectivity index (χ0n) is 17.1. The van der Waals surface area contributed by atoms with Crippen LogP contribution in [-0.2, 0) is 34.2 Å². The van der Waals surface area contributed by atoms with Crippen LogP contribution in [0.5, 0.6) is 0 Å². The lowest BCUT2D eigenvalue weighted by molar-refractivity contribution is -0.120. The van der Waals surface area contributed by atoms with Gasteiger partial charge in [0.15, 0.2) is 0 Å². The van der Waals surface area contributed by atoms with Gasteiger partial charge in [0, 0.05) is 4.88 Å². The summed E-state index contributed by atoms with van der Waals surface area (Å²) in [6.07, 6.45) is 2.77. The number of carbonyl (C=O) groups excluding carboxylic acids is 1. The minimum absolute atomic E-state index is 0.000111. The molecule has 0 saturated heterocycles. The number of nitrogens with one attached hydrogen (secondary N) is 1. The molecule has 1 N–H and O–H groups in total. The molecular weight excluding hydrogens is 422 g/mol. The van der Waals surface area contributed by atoms with Crippen molar-refractivity contribution in [3.05, 3.63) is 56.4 Å². The largest absolute Gasteiger partial charge is 0.287 e. The van der Waals surface area contributed by atoms with E-state index in [0.717, 1.165) is 30.4 Å². The number of fused-ring (bicyclic) bond motifs is 3. The molecule has 1 aliphatic rings. The number of carbonyl (C=O) groups is 1. The van der Waals surface area contributed by atoms with Gasteiger partial charge in [-0.1, -0.05) is 24.6 Å². The number of benzene rings is 1. The average molecular weight is 446 g/mol. The van der Waals surface area contributed by atoms with Crippen molar-refractivity contribution in [2.75, 3.05) is 0 Å². The Hall–Kier alpha value is -2.52. The van der Waals surface area contributed by atoms with Gasteiger partial charge in [0.2, 0.25) is 0 Å². The third kappa shape index (κ3) is 3.79. The van der Waals surface area contributed by atoms with Gasteiger partial charge in [-0.2, -0.15) is 0 Å². The predicted molar refractivity (Wildman–Crippen MR) is 116 cm³/mol. The number of rotatable bonds is 4. The highest BCUT2D eigenvalue weighted by molar-refractivity contribution is 7.90. The third-order valence-electron chi connectivity index (χ3n) is 5.49. The summed E-state index contributed by atoms with van der Waals surface area (Å²) in [7, 11) is -4.01. The molecule has 0 spiro atoms. The SMILES string of the molecule is Cc1ccc(S(=O)(=O)NC(=O)Cn2c(C)nc3sc4c(c3c2=O)CCC(C)C4)cc1. The molecule has 1 unspecified atom stereocenters. The molecule has 158 valence electrons. The van der Waals surface area contributed by atoms with E-state index in [1.165, 1.54) is 21.6 Å². The molecule has 7 nitrogen and oxygen atoms in total. The van der Waals surface area contributed by atoms with Crippen LogP contribution in [0.25, 0.3) is 10.2 Å². The van der Waals surface area contributed by atoms with E-state index in [4.69, 9.17) is 0 Å². The summed E-state index contributed by atoms with van der Waals surface area (Å²) in [6, 6.07) is 6.20. The van der Waals surface area contributed by atoms with E-state index in [0.29, 0.717) is 22.0 Å². The second-order valence-corrected chi connectivity index (χ2v) is 10.7. The molecule has 0 saturated carbocycles. The van der Waals surface area contributed by atoms with Crippen LogP contribution in [-0.4, -0.2) is 23.9 Å². The lowest BCUT2D eigenvalue weighted by Crippen LogP contribution is -2.37. The van der Waals surface area contributed by atoms with Gasteiger partial charge < -0.3 is 0 Å². The van der Waals surface area contributed by atoms with E-state index in [1.54, 1.807) is 30.4 Å². The van der Waals surface area contributed by atoms with Crippen LogP contribution in [0.4, 0.5) is 0 Å². The van der Waals surface area contributed by atoms with Gasteiger partial charge in [-0.3, -0.25) is 14.2 Å². The third-order valence-corrected chi connectivity index (χ3v) is 8.02. The van der Waals surface area contributed by atoms with Gasteiger partial charge in [0.25, 0.3) is 21.5 Å². The van der Waals surface area contributed by atoms with E-state index < -0.39 is 22.5 Å². The van der Waals surface area contributed by atoms with E-state index in [1.807, 2.05) is 6.92 Å². The molecule has 2 heterocycles. The zero-order chi connectivity index (χ0) is 21.6. The fraction of sp³-hybridized carbons (Fsp3) is 0.381. The number of hydrogen-bond donors (Lipinski definition) is 1. The molecule has 4 rings (SSSR count). The maximum atomic E-state index is 13.2. The highest BCUT2D eigenvalue weighted by Gasteiger charge is 2.25. The second-order valence-electron chi connectivity index (χ2n) is 7.92. The Morgan fingerprint density at radius 3 is 2.67 bits per heavy atom. The van der Waals surface area contributed by atoms with E-state index in [9.17, 15) is 18.0 Å². The first-order valence-corrected chi connectivity index (χ1v) is 12.1. The highest BCUT2D eigenvalue weighted by Crippen LogP contribution is 2.35. The average Bonchev–Trinajstić information content (AvgIpc) is 3.02. The molecule has 9 heteroatoms. The smallest absolute Gasteiger partial charge is 0.264 e. The van der Waals surface area contributed by atoms with Crippen molar-refractivity contribution in [1.29, 1.82) is 0 Å². The van der Waals surface area contributed by atoms with Crippen LogP contribution in [0.2, 0.25) is 0 Å². The van der Waals surface area contributed by atoms with E-state index in [-0.39, 0.29) is 10.5 Å². The van der Waals surface area contributed by atoms with Crippen LogP contribution >= 0.6 is 11.3 Å². The van der Waals surface area contributed by atoms with E-state index >= 15 is 0 Å². The first kappa shape index (κ1) is 20.7. The van der Waals surface area contributed by atoms with Crippen molar-refractivity contribution in [3.8, 4) is 0 Å². The van der Waals surface area contributed by atoms with Crippen LogP contribution in [0.15, 0.2) is 34.0 Å². The Morgan fingerprint density at radius 1 is 1.27 bits per heavy atom. The first-order chi connectivity index (χ1) is 14.2. The van der Waals surface area contributed by atoms with Gasteiger partial charge in [0.1, 0.15) is 17.2 Å². The maximum absolute atomic E-state index is 13.2. The summed E-state index contributed by atoms with van der Waals surface area (Å²) in [4.78, 5) is 32.1. The monoisotopic (exact) mass is 445 g/mol. The number of aryl methyl sites for hydroxylation is 3. The Morgan fingerprint density at radius 2 is 1.97 bits per heavy atom. The van der Waals surface area contributed by atoms with Gasteiger partial charge in [-0.15, -0.1) is 11.3 Å². The van der Waals surface area contributed by atoms with Crippen LogP contribution in [0.1, 0.15) is 35.2 Å². The lowest BCUT2D eigenvalue weighted by atomic mass is 9.89. The number of aromatic nitrogens is 2. The Bertz CT molecular complexity index is 1300. The second kappa shape index (κ2) is 7.63. The molecule has 3 aromatic rings. The normalized spacial score (nSPS) is 16.4. The molecular formula is C21H23N3O4S2.